The maximum atomic E-state index is 13.6. The molecule has 6 heteroatoms. The van der Waals surface area contributed by atoms with Crippen LogP contribution in [0, 0.1) is 11.3 Å². The van der Waals surface area contributed by atoms with E-state index in [1.807, 2.05) is 18.3 Å². The number of pyridine rings is 1. The molecule has 1 aliphatic rings. The third-order valence-corrected chi connectivity index (χ3v) is 4.38. The standard InChI is InChI=1S/C18H14F2N4/c19-14-9-24(10-15(14)20)16-4-5-22-18-17(16)13(8-23-18)12-3-1-2-11(6-12)7-21/h1-6,8,14-15H,9-10H2,(H,22,23)/t14-,15-/m1/s1. The molecule has 0 saturated carbocycles. The molecule has 3 heterocycles. The minimum absolute atomic E-state index is 0.0309. The van der Waals surface area contributed by atoms with Crippen LogP contribution >= 0.6 is 0 Å². The molecule has 1 fully saturated rings. The quantitative estimate of drug-likeness (QED) is 0.783. The van der Waals surface area contributed by atoms with Crippen molar-refractivity contribution >= 4 is 16.7 Å². The number of alkyl halides is 2. The van der Waals surface area contributed by atoms with Crippen molar-refractivity contribution in [3.63, 3.8) is 0 Å². The first kappa shape index (κ1) is 14.6. The smallest absolute Gasteiger partial charge is 0.150 e. The molecule has 0 bridgehead atoms. The molecule has 0 aliphatic carbocycles. The normalized spacial score (nSPS) is 20.5. The van der Waals surface area contributed by atoms with Gasteiger partial charge in [0.25, 0.3) is 0 Å². The first-order chi connectivity index (χ1) is 11.7. The van der Waals surface area contributed by atoms with Crippen LogP contribution in [0.1, 0.15) is 5.56 Å². The van der Waals surface area contributed by atoms with Crippen molar-refractivity contribution in [1.82, 2.24) is 9.97 Å². The van der Waals surface area contributed by atoms with Crippen LogP contribution in [0.25, 0.3) is 22.2 Å². The fourth-order valence-electron chi connectivity index (χ4n) is 3.21. The zero-order valence-corrected chi connectivity index (χ0v) is 12.7. The molecule has 4 rings (SSSR count). The highest BCUT2D eigenvalue weighted by atomic mass is 19.2. The number of nitrogens with one attached hydrogen (secondary N) is 1. The second-order valence-corrected chi connectivity index (χ2v) is 5.89. The number of halogens is 2. The Balaban J connectivity index is 1.88. The van der Waals surface area contributed by atoms with Gasteiger partial charge in [-0.05, 0) is 23.8 Å². The largest absolute Gasteiger partial charge is 0.365 e. The number of nitriles is 1. The number of aromatic nitrogens is 2. The van der Waals surface area contributed by atoms with E-state index in [-0.39, 0.29) is 13.1 Å². The SMILES string of the molecule is N#Cc1cccc(-c2c[nH]c3nccc(N4C[C@@H](F)[C@H](F)C4)c23)c1. The minimum Gasteiger partial charge on any atom is -0.365 e. The van der Waals surface area contributed by atoms with E-state index in [0.29, 0.717) is 11.2 Å². The van der Waals surface area contributed by atoms with Gasteiger partial charge in [-0.3, -0.25) is 0 Å². The predicted molar refractivity (Wildman–Crippen MR) is 88.2 cm³/mol. The van der Waals surface area contributed by atoms with Crippen molar-refractivity contribution in [3.8, 4) is 17.2 Å². The molecule has 1 aromatic carbocycles. The number of rotatable bonds is 2. The second kappa shape index (κ2) is 5.60. The number of hydrogen-bond donors (Lipinski definition) is 1. The number of aromatic amines is 1. The molecule has 4 nitrogen and oxygen atoms in total. The van der Waals surface area contributed by atoms with Crippen molar-refractivity contribution < 1.29 is 8.78 Å². The van der Waals surface area contributed by atoms with Crippen LogP contribution in [-0.2, 0) is 0 Å². The molecule has 2 atom stereocenters. The fraction of sp³-hybridized carbons (Fsp3) is 0.222. The van der Waals surface area contributed by atoms with Gasteiger partial charge < -0.3 is 9.88 Å². The molecule has 1 aliphatic heterocycles. The Morgan fingerprint density at radius 2 is 2.00 bits per heavy atom. The van der Waals surface area contributed by atoms with Crippen molar-refractivity contribution in [3.05, 3.63) is 48.3 Å². The summed E-state index contributed by atoms with van der Waals surface area (Å²) in [7, 11) is 0. The summed E-state index contributed by atoms with van der Waals surface area (Å²) in [6.45, 7) is 0.0618. The van der Waals surface area contributed by atoms with Gasteiger partial charge in [0.1, 0.15) is 5.65 Å². The van der Waals surface area contributed by atoms with Crippen molar-refractivity contribution in [2.24, 2.45) is 0 Å². The van der Waals surface area contributed by atoms with Gasteiger partial charge in [-0.1, -0.05) is 12.1 Å². The predicted octanol–water partition coefficient (Wildman–Crippen LogP) is 3.60. The van der Waals surface area contributed by atoms with E-state index in [9.17, 15) is 8.78 Å². The van der Waals surface area contributed by atoms with E-state index in [2.05, 4.69) is 16.0 Å². The summed E-state index contributed by atoms with van der Waals surface area (Å²) in [6, 6.07) is 11.1. The highest BCUT2D eigenvalue weighted by Gasteiger charge is 2.34. The van der Waals surface area contributed by atoms with E-state index in [4.69, 9.17) is 5.26 Å². The molecule has 0 amide bonds. The Kier molecular flexibility index (Phi) is 3.42. The number of benzene rings is 1. The third kappa shape index (κ3) is 2.29. The first-order valence-corrected chi connectivity index (χ1v) is 7.67. The molecule has 0 spiro atoms. The summed E-state index contributed by atoms with van der Waals surface area (Å²) < 4.78 is 27.2. The lowest BCUT2D eigenvalue weighted by molar-refractivity contribution is 0.217. The molecular formula is C18H14F2N4. The Labute approximate surface area is 137 Å². The summed E-state index contributed by atoms with van der Waals surface area (Å²) in [6.07, 6.45) is 0.491. The van der Waals surface area contributed by atoms with E-state index in [0.717, 1.165) is 22.2 Å². The number of fused-ring (bicyclic) bond motifs is 1. The van der Waals surface area contributed by atoms with E-state index >= 15 is 0 Å². The van der Waals surface area contributed by atoms with Gasteiger partial charge >= 0.3 is 0 Å². The van der Waals surface area contributed by atoms with Crippen LogP contribution in [0.5, 0.6) is 0 Å². The van der Waals surface area contributed by atoms with Crippen LogP contribution in [0.4, 0.5) is 14.5 Å². The van der Waals surface area contributed by atoms with Gasteiger partial charge in [0, 0.05) is 23.3 Å². The molecule has 0 unspecified atom stereocenters. The van der Waals surface area contributed by atoms with E-state index in [1.54, 1.807) is 29.3 Å². The zero-order chi connectivity index (χ0) is 16.7. The van der Waals surface area contributed by atoms with Gasteiger partial charge in [-0.15, -0.1) is 0 Å². The maximum absolute atomic E-state index is 13.6. The van der Waals surface area contributed by atoms with Crippen LogP contribution in [-0.4, -0.2) is 35.4 Å². The second-order valence-electron chi connectivity index (χ2n) is 5.89. The highest BCUT2D eigenvalue weighted by Crippen LogP contribution is 2.37. The Bertz CT molecular complexity index is 934. The summed E-state index contributed by atoms with van der Waals surface area (Å²) in [4.78, 5) is 9.12. The summed E-state index contributed by atoms with van der Waals surface area (Å²) in [5, 5.41) is 9.91. The van der Waals surface area contributed by atoms with E-state index < -0.39 is 12.3 Å². The van der Waals surface area contributed by atoms with Crippen LogP contribution in [0.3, 0.4) is 0 Å². The highest BCUT2D eigenvalue weighted by molar-refractivity contribution is 6.02. The van der Waals surface area contributed by atoms with Gasteiger partial charge in [0.05, 0.1) is 30.4 Å². The number of hydrogen-bond acceptors (Lipinski definition) is 3. The summed E-state index contributed by atoms with van der Waals surface area (Å²) >= 11 is 0. The van der Waals surface area contributed by atoms with Crippen molar-refractivity contribution in [1.29, 1.82) is 5.26 Å². The van der Waals surface area contributed by atoms with Crippen LogP contribution in [0.2, 0.25) is 0 Å². The molecular weight excluding hydrogens is 310 g/mol. The first-order valence-electron chi connectivity index (χ1n) is 7.67. The molecule has 24 heavy (non-hydrogen) atoms. The molecule has 1 N–H and O–H groups in total. The lowest BCUT2D eigenvalue weighted by Crippen LogP contribution is -2.20. The Hall–Kier alpha value is -2.94. The van der Waals surface area contributed by atoms with E-state index in [1.165, 1.54) is 0 Å². The van der Waals surface area contributed by atoms with Crippen LogP contribution < -0.4 is 4.90 Å². The average Bonchev–Trinajstić information content (AvgIpc) is 3.18. The topological polar surface area (TPSA) is 55.7 Å². The Morgan fingerprint density at radius 1 is 1.21 bits per heavy atom. The lowest BCUT2D eigenvalue weighted by Gasteiger charge is -2.19. The van der Waals surface area contributed by atoms with Crippen molar-refractivity contribution in [2.45, 2.75) is 12.3 Å². The third-order valence-electron chi connectivity index (χ3n) is 4.38. The molecule has 0 radical (unpaired) electrons. The van der Waals surface area contributed by atoms with Gasteiger partial charge in [0.2, 0.25) is 0 Å². The van der Waals surface area contributed by atoms with Gasteiger partial charge in [-0.2, -0.15) is 5.26 Å². The van der Waals surface area contributed by atoms with Crippen LogP contribution in [0.15, 0.2) is 42.7 Å². The molecule has 120 valence electrons. The Morgan fingerprint density at radius 3 is 2.75 bits per heavy atom. The molecule has 2 aromatic heterocycles. The van der Waals surface area contributed by atoms with Crippen molar-refractivity contribution in [2.75, 3.05) is 18.0 Å². The average molecular weight is 324 g/mol. The molecule has 1 saturated heterocycles. The monoisotopic (exact) mass is 324 g/mol. The lowest BCUT2D eigenvalue weighted by atomic mass is 10.0. The van der Waals surface area contributed by atoms with Gasteiger partial charge in [0.15, 0.2) is 12.3 Å². The number of nitrogens with zero attached hydrogens (tertiary/aromatic N) is 3. The maximum Gasteiger partial charge on any atom is 0.150 e. The number of H-pyrrole nitrogens is 1. The fourth-order valence-corrected chi connectivity index (χ4v) is 3.21. The zero-order valence-electron chi connectivity index (χ0n) is 12.7. The summed E-state index contributed by atoms with van der Waals surface area (Å²) in [5.74, 6) is 0. The number of anilines is 1. The molecule has 3 aromatic rings. The van der Waals surface area contributed by atoms with Gasteiger partial charge in [-0.25, -0.2) is 13.8 Å². The summed E-state index contributed by atoms with van der Waals surface area (Å²) in [5.41, 5.74) is 3.69. The minimum atomic E-state index is -1.47.